The van der Waals surface area contributed by atoms with Crippen LogP contribution in [0.15, 0.2) is 30.3 Å². The molecule has 0 radical (unpaired) electrons. The molecule has 144 valence electrons. The summed E-state index contributed by atoms with van der Waals surface area (Å²) in [4.78, 5) is 17.0. The van der Waals surface area contributed by atoms with Gasteiger partial charge in [-0.25, -0.2) is 0 Å². The number of halogens is 1. The lowest BCUT2D eigenvalue weighted by molar-refractivity contribution is 0.0739. The molecule has 4 rings (SSSR count). The molecular weight excluding hydrogens is 364 g/mol. The molecule has 2 aromatic rings. The number of fused-ring (bicyclic) bond motifs is 1. The van der Waals surface area contributed by atoms with E-state index >= 15 is 0 Å². The summed E-state index contributed by atoms with van der Waals surface area (Å²) in [6.45, 7) is 2.92. The Labute approximate surface area is 165 Å². The number of hydrogen-bond donors (Lipinski definition) is 0. The van der Waals surface area contributed by atoms with Crippen molar-refractivity contribution >= 4 is 24.0 Å². The molecule has 1 aliphatic heterocycles. The van der Waals surface area contributed by atoms with E-state index in [2.05, 4.69) is 21.2 Å². The average Bonchev–Trinajstić information content (AvgIpc) is 2.73. The fraction of sp³-hybridized carbons (Fsp3) is 0.450. The first kappa shape index (κ1) is 19.4. The van der Waals surface area contributed by atoms with Crippen LogP contribution >= 0.6 is 12.4 Å². The number of amides is 1. The molecule has 0 saturated carbocycles. The standard InChI is InChI=1S/C20H24N4O2.ClH/c1-26-19-9-5-4-8-18(19)23-10-12-24(13-11-23)20(25)17-14-15-6-2-3-7-16(15)21-22-17;/h4-5,8-9,14H,2-3,6-7,10-13H2,1H3;1H. The van der Waals surface area contributed by atoms with Gasteiger partial charge in [0.05, 0.1) is 18.5 Å². The van der Waals surface area contributed by atoms with Crippen LogP contribution in [-0.2, 0) is 12.8 Å². The second-order valence-corrected chi connectivity index (χ2v) is 6.86. The summed E-state index contributed by atoms with van der Waals surface area (Å²) in [5, 5.41) is 8.49. The molecule has 1 fully saturated rings. The molecule has 0 bridgehead atoms. The fourth-order valence-corrected chi connectivity index (χ4v) is 3.80. The molecule has 7 heteroatoms. The van der Waals surface area contributed by atoms with Crippen molar-refractivity contribution in [3.63, 3.8) is 0 Å². The minimum atomic E-state index is -0.00875. The van der Waals surface area contributed by atoms with Gasteiger partial charge in [-0.05, 0) is 49.4 Å². The Kier molecular flexibility index (Phi) is 6.16. The minimum Gasteiger partial charge on any atom is -0.495 e. The number of carbonyl (C=O) groups is 1. The van der Waals surface area contributed by atoms with E-state index in [-0.39, 0.29) is 18.3 Å². The number of rotatable bonds is 3. The van der Waals surface area contributed by atoms with Gasteiger partial charge in [0.25, 0.3) is 5.91 Å². The zero-order chi connectivity index (χ0) is 17.9. The third-order valence-corrected chi connectivity index (χ3v) is 5.28. The van der Waals surface area contributed by atoms with E-state index in [9.17, 15) is 4.79 Å². The van der Waals surface area contributed by atoms with Crippen LogP contribution in [0, 0.1) is 0 Å². The molecule has 0 unspecified atom stereocenters. The van der Waals surface area contributed by atoms with Crippen molar-refractivity contribution in [3.05, 3.63) is 47.3 Å². The lowest BCUT2D eigenvalue weighted by Gasteiger charge is -2.36. The Balaban J connectivity index is 0.00000210. The van der Waals surface area contributed by atoms with Crippen LogP contribution in [0.1, 0.15) is 34.6 Å². The summed E-state index contributed by atoms with van der Waals surface area (Å²) in [5.41, 5.74) is 3.82. The summed E-state index contributed by atoms with van der Waals surface area (Å²) < 4.78 is 5.45. The van der Waals surface area contributed by atoms with Crippen LogP contribution < -0.4 is 9.64 Å². The molecule has 2 aliphatic rings. The van der Waals surface area contributed by atoms with Gasteiger partial charge in [-0.3, -0.25) is 4.79 Å². The quantitative estimate of drug-likeness (QED) is 0.809. The van der Waals surface area contributed by atoms with E-state index in [4.69, 9.17) is 4.74 Å². The molecule has 1 aromatic heterocycles. The van der Waals surface area contributed by atoms with Gasteiger partial charge < -0.3 is 14.5 Å². The van der Waals surface area contributed by atoms with E-state index in [0.717, 1.165) is 43.1 Å². The molecule has 1 aromatic carbocycles. The molecule has 1 aliphatic carbocycles. The van der Waals surface area contributed by atoms with Crippen LogP contribution in [0.4, 0.5) is 5.69 Å². The number of ether oxygens (including phenoxy) is 1. The van der Waals surface area contributed by atoms with Gasteiger partial charge in [0.1, 0.15) is 5.75 Å². The van der Waals surface area contributed by atoms with Crippen LogP contribution in [0.3, 0.4) is 0 Å². The van der Waals surface area contributed by atoms with Crippen LogP contribution in [0.5, 0.6) is 5.75 Å². The van der Waals surface area contributed by atoms with E-state index in [0.29, 0.717) is 18.8 Å². The van der Waals surface area contributed by atoms with Gasteiger partial charge in [0, 0.05) is 26.2 Å². The van der Waals surface area contributed by atoms with E-state index < -0.39 is 0 Å². The summed E-state index contributed by atoms with van der Waals surface area (Å²) in [6.07, 6.45) is 4.32. The summed E-state index contributed by atoms with van der Waals surface area (Å²) >= 11 is 0. The summed E-state index contributed by atoms with van der Waals surface area (Å²) in [7, 11) is 1.69. The van der Waals surface area contributed by atoms with Gasteiger partial charge in [-0.2, -0.15) is 5.10 Å². The predicted molar refractivity (Wildman–Crippen MR) is 107 cm³/mol. The largest absolute Gasteiger partial charge is 0.495 e. The van der Waals surface area contributed by atoms with Crippen molar-refractivity contribution in [1.82, 2.24) is 15.1 Å². The fourth-order valence-electron chi connectivity index (χ4n) is 3.80. The van der Waals surface area contributed by atoms with Crippen molar-refractivity contribution in [2.45, 2.75) is 25.7 Å². The maximum Gasteiger partial charge on any atom is 0.274 e. The highest BCUT2D eigenvalue weighted by molar-refractivity contribution is 5.92. The Morgan fingerprint density at radius 2 is 1.78 bits per heavy atom. The molecular formula is C20H25ClN4O2. The molecule has 0 atom stereocenters. The molecule has 0 N–H and O–H groups in total. The molecule has 2 heterocycles. The number of piperazine rings is 1. The Bertz CT molecular complexity index is 806. The van der Waals surface area contributed by atoms with Crippen LogP contribution in [0.25, 0.3) is 0 Å². The highest BCUT2D eigenvalue weighted by Gasteiger charge is 2.25. The summed E-state index contributed by atoms with van der Waals surface area (Å²) in [5.74, 6) is 0.860. The Morgan fingerprint density at radius 3 is 2.56 bits per heavy atom. The van der Waals surface area contributed by atoms with Crippen LogP contribution in [0.2, 0.25) is 0 Å². The van der Waals surface area contributed by atoms with E-state index in [1.807, 2.05) is 29.2 Å². The molecule has 0 spiro atoms. The molecule has 1 amide bonds. The SMILES string of the molecule is COc1ccccc1N1CCN(C(=O)c2cc3c(nn2)CCCC3)CC1.Cl. The second kappa shape index (κ2) is 8.57. The van der Waals surface area contributed by atoms with Crippen molar-refractivity contribution in [2.75, 3.05) is 38.2 Å². The number of carbonyl (C=O) groups excluding carboxylic acids is 1. The third kappa shape index (κ3) is 4.00. The number of aryl methyl sites for hydroxylation is 2. The zero-order valence-corrected chi connectivity index (χ0v) is 16.4. The zero-order valence-electron chi connectivity index (χ0n) is 15.6. The lowest BCUT2D eigenvalue weighted by Crippen LogP contribution is -2.49. The number of benzene rings is 1. The molecule has 27 heavy (non-hydrogen) atoms. The second-order valence-electron chi connectivity index (χ2n) is 6.86. The monoisotopic (exact) mass is 388 g/mol. The smallest absolute Gasteiger partial charge is 0.274 e. The highest BCUT2D eigenvalue weighted by atomic mass is 35.5. The molecule has 1 saturated heterocycles. The first-order valence-electron chi connectivity index (χ1n) is 9.29. The molecule has 6 nitrogen and oxygen atoms in total. The number of anilines is 1. The van der Waals surface area contributed by atoms with Crippen molar-refractivity contribution in [2.24, 2.45) is 0 Å². The number of aromatic nitrogens is 2. The van der Waals surface area contributed by atoms with Gasteiger partial charge in [-0.15, -0.1) is 17.5 Å². The van der Waals surface area contributed by atoms with Crippen molar-refractivity contribution in [3.8, 4) is 5.75 Å². The number of hydrogen-bond acceptors (Lipinski definition) is 5. The van der Waals surface area contributed by atoms with E-state index in [1.54, 1.807) is 7.11 Å². The maximum absolute atomic E-state index is 12.8. The van der Waals surface area contributed by atoms with Gasteiger partial charge in [0.2, 0.25) is 0 Å². The highest BCUT2D eigenvalue weighted by Crippen LogP contribution is 2.28. The third-order valence-electron chi connectivity index (χ3n) is 5.28. The normalized spacial score (nSPS) is 16.3. The van der Waals surface area contributed by atoms with Gasteiger partial charge in [0.15, 0.2) is 5.69 Å². The Hall–Kier alpha value is -2.34. The number of methoxy groups -OCH3 is 1. The first-order valence-corrected chi connectivity index (χ1v) is 9.29. The predicted octanol–water partition coefficient (Wildman–Crippen LogP) is 2.75. The van der Waals surface area contributed by atoms with Crippen molar-refractivity contribution in [1.29, 1.82) is 0 Å². The Morgan fingerprint density at radius 1 is 1.04 bits per heavy atom. The minimum absolute atomic E-state index is 0. The van der Waals surface area contributed by atoms with Crippen molar-refractivity contribution < 1.29 is 9.53 Å². The number of para-hydroxylation sites is 2. The number of nitrogens with zero attached hydrogens (tertiary/aromatic N) is 4. The van der Waals surface area contributed by atoms with Gasteiger partial charge in [-0.1, -0.05) is 12.1 Å². The lowest BCUT2D eigenvalue weighted by atomic mass is 9.96. The first-order chi connectivity index (χ1) is 12.8. The maximum atomic E-state index is 12.8. The average molecular weight is 389 g/mol. The van der Waals surface area contributed by atoms with Gasteiger partial charge >= 0.3 is 0 Å². The van der Waals surface area contributed by atoms with E-state index in [1.165, 1.54) is 18.4 Å². The summed E-state index contributed by atoms with van der Waals surface area (Å²) in [6, 6.07) is 9.96. The van der Waals surface area contributed by atoms with Crippen LogP contribution in [-0.4, -0.2) is 54.3 Å². The topological polar surface area (TPSA) is 58.6 Å².